The molecular weight excluding hydrogens is 703 g/mol. The summed E-state index contributed by atoms with van der Waals surface area (Å²) in [5.41, 5.74) is 3.81. The number of aryl methyl sites for hydroxylation is 3. The number of amides is 2. The summed E-state index contributed by atoms with van der Waals surface area (Å²) >= 11 is 0. The third kappa shape index (κ3) is 10.7. The number of methoxy groups -OCH3 is 1. The van der Waals surface area contributed by atoms with Crippen molar-refractivity contribution >= 4 is 34.2 Å². The number of aromatic nitrogens is 1. The first-order chi connectivity index (χ1) is 26.5. The van der Waals surface area contributed by atoms with E-state index in [0.29, 0.717) is 24.9 Å². The highest BCUT2D eigenvalue weighted by molar-refractivity contribution is 5.98. The highest BCUT2D eigenvalue weighted by Gasteiger charge is 2.34. The average molecular weight is 758 g/mol. The Balaban J connectivity index is 1.28. The second-order valence-electron chi connectivity index (χ2n) is 16.1. The van der Waals surface area contributed by atoms with Gasteiger partial charge >= 0.3 is 5.97 Å². The van der Waals surface area contributed by atoms with Gasteiger partial charge in [0.05, 0.1) is 25.5 Å². The first kappa shape index (κ1) is 41.5. The van der Waals surface area contributed by atoms with Crippen LogP contribution in [0, 0.1) is 13.8 Å². The molecule has 0 spiro atoms. The van der Waals surface area contributed by atoms with E-state index in [0.717, 1.165) is 57.2 Å². The third-order valence-electron chi connectivity index (χ3n) is 10.1. The topological polar surface area (TPSA) is 116 Å². The molecule has 9 heteroatoms. The molecule has 0 aliphatic rings. The van der Waals surface area contributed by atoms with E-state index in [1.807, 2.05) is 126 Å². The zero-order valence-corrected chi connectivity index (χ0v) is 34.0. The Morgan fingerprint density at radius 2 is 1.45 bits per heavy atom. The first-order valence-corrected chi connectivity index (χ1v) is 19.3. The third-order valence-corrected chi connectivity index (χ3v) is 10.1. The molecule has 56 heavy (non-hydrogen) atoms. The molecule has 0 aliphatic carbocycles. The maximum Gasteiger partial charge on any atom is 0.316 e. The van der Waals surface area contributed by atoms with Crippen molar-refractivity contribution in [3.05, 3.63) is 141 Å². The van der Waals surface area contributed by atoms with Crippen molar-refractivity contribution in [2.24, 2.45) is 0 Å². The average Bonchev–Trinajstić information content (AvgIpc) is 3.15. The van der Waals surface area contributed by atoms with Crippen LogP contribution in [-0.4, -0.2) is 41.1 Å². The number of ether oxygens (including phenoxy) is 2. The van der Waals surface area contributed by atoms with Crippen LogP contribution in [0.25, 0.3) is 10.8 Å². The summed E-state index contributed by atoms with van der Waals surface area (Å²) in [6.45, 7) is 13.4. The van der Waals surface area contributed by atoms with Gasteiger partial charge in [-0.1, -0.05) is 85.3 Å². The summed E-state index contributed by atoms with van der Waals surface area (Å²) in [7, 11) is 1.62. The SMILES string of the molecule is COc1ccc(Cn2ccc(C)c(NC(=O)C(CCCCc3ccc(C(C)(C)C(=O)OC(C)(C)C)cc3)NC(=O)Cc3ccc4ccccc4c3)c2=O)cc1C. The largest absolute Gasteiger partial charge is 0.496 e. The van der Waals surface area contributed by atoms with Crippen molar-refractivity contribution in [1.82, 2.24) is 9.88 Å². The lowest BCUT2D eigenvalue weighted by Gasteiger charge is -2.29. The van der Waals surface area contributed by atoms with Gasteiger partial charge in [-0.3, -0.25) is 19.2 Å². The van der Waals surface area contributed by atoms with Crippen LogP contribution in [0.4, 0.5) is 5.69 Å². The lowest BCUT2D eigenvalue weighted by atomic mass is 9.84. The summed E-state index contributed by atoms with van der Waals surface area (Å²) < 4.78 is 12.6. The fraction of sp³-hybridized carbons (Fsp3) is 0.362. The molecule has 0 radical (unpaired) electrons. The molecule has 5 aromatic rings. The van der Waals surface area contributed by atoms with E-state index < -0.39 is 23.0 Å². The number of nitrogens with one attached hydrogen (secondary N) is 2. The highest BCUT2D eigenvalue weighted by atomic mass is 16.6. The van der Waals surface area contributed by atoms with Crippen molar-refractivity contribution in [2.45, 2.75) is 104 Å². The molecule has 0 bridgehead atoms. The Morgan fingerprint density at radius 1 is 0.768 bits per heavy atom. The predicted molar refractivity (Wildman–Crippen MR) is 223 cm³/mol. The van der Waals surface area contributed by atoms with Gasteiger partial charge in [0.1, 0.15) is 23.1 Å². The van der Waals surface area contributed by atoms with E-state index in [2.05, 4.69) is 10.6 Å². The van der Waals surface area contributed by atoms with Gasteiger partial charge < -0.3 is 24.7 Å². The lowest BCUT2D eigenvalue weighted by Crippen LogP contribution is -2.45. The van der Waals surface area contributed by atoms with Gasteiger partial charge in [-0.25, -0.2) is 0 Å². The monoisotopic (exact) mass is 757 g/mol. The van der Waals surface area contributed by atoms with Crippen molar-refractivity contribution in [3.8, 4) is 5.75 Å². The molecule has 0 aliphatic heterocycles. The molecule has 5 rings (SSSR count). The summed E-state index contributed by atoms with van der Waals surface area (Å²) in [6.07, 6.45) is 4.37. The molecule has 2 amide bonds. The molecule has 0 saturated carbocycles. The summed E-state index contributed by atoms with van der Waals surface area (Å²) in [4.78, 5) is 54.1. The van der Waals surface area contributed by atoms with Crippen LogP contribution >= 0.6 is 0 Å². The Kier molecular flexibility index (Phi) is 13.2. The molecule has 2 N–H and O–H groups in total. The normalized spacial score (nSPS) is 12.2. The first-order valence-electron chi connectivity index (χ1n) is 19.3. The minimum atomic E-state index is -0.864. The molecule has 9 nitrogen and oxygen atoms in total. The van der Waals surface area contributed by atoms with E-state index in [-0.39, 0.29) is 29.5 Å². The number of esters is 1. The van der Waals surface area contributed by atoms with Crippen LogP contribution in [0.15, 0.2) is 102 Å². The molecule has 1 atom stereocenters. The number of hydrogen-bond donors (Lipinski definition) is 2. The quantitative estimate of drug-likeness (QED) is 0.0820. The number of hydrogen-bond acceptors (Lipinski definition) is 6. The number of benzene rings is 4. The van der Waals surface area contributed by atoms with Gasteiger partial charge in [-0.2, -0.15) is 0 Å². The predicted octanol–water partition coefficient (Wildman–Crippen LogP) is 8.37. The molecule has 1 unspecified atom stereocenters. The summed E-state index contributed by atoms with van der Waals surface area (Å²) in [6, 6.07) is 28.6. The Bertz CT molecular complexity index is 2250. The van der Waals surface area contributed by atoms with Gasteiger partial charge in [0, 0.05) is 6.20 Å². The minimum absolute atomic E-state index is 0.110. The van der Waals surface area contributed by atoms with E-state index in [1.54, 1.807) is 30.9 Å². The van der Waals surface area contributed by atoms with Crippen LogP contribution in [0.2, 0.25) is 0 Å². The maximum absolute atomic E-state index is 14.0. The zero-order valence-electron chi connectivity index (χ0n) is 34.0. The fourth-order valence-corrected chi connectivity index (χ4v) is 6.73. The second kappa shape index (κ2) is 17.8. The van der Waals surface area contributed by atoms with Gasteiger partial charge in [0.15, 0.2) is 0 Å². The molecule has 4 aromatic carbocycles. The van der Waals surface area contributed by atoms with E-state index in [1.165, 1.54) is 0 Å². The van der Waals surface area contributed by atoms with Crippen LogP contribution in [-0.2, 0) is 43.9 Å². The van der Waals surface area contributed by atoms with Gasteiger partial charge in [-0.05, 0) is 124 Å². The van der Waals surface area contributed by atoms with Gasteiger partial charge in [-0.15, -0.1) is 0 Å². The number of carbonyl (C=O) groups is 3. The van der Waals surface area contributed by atoms with Crippen molar-refractivity contribution in [2.75, 3.05) is 12.4 Å². The van der Waals surface area contributed by atoms with E-state index in [9.17, 15) is 19.2 Å². The minimum Gasteiger partial charge on any atom is -0.496 e. The summed E-state index contributed by atoms with van der Waals surface area (Å²) in [5.74, 6) is -0.227. The highest BCUT2D eigenvalue weighted by Crippen LogP contribution is 2.28. The van der Waals surface area contributed by atoms with E-state index >= 15 is 0 Å². The molecule has 1 heterocycles. The number of carbonyl (C=O) groups excluding carboxylic acids is 3. The smallest absolute Gasteiger partial charge is 0.316 e. The second-order valence-corrected chi connectivity index (χ2v) is 16.1. The molecule has 1 aromatic heterocycles. The zero-order chi connectivity index (χ0) is 40.6. The Labute approximate surface area is 330 Å². The molecule has 0 fully saturated rings. The lowest BCUT2D eigenvalue weighted by molar-refractivity contribution is -0.160. The molecule has 294 valence electrons. The number of unbranched alkanes of at least 4 members (excludes halogenated alkanes) is 1. The van der Waals surface area contributed by atoms with Crippen molar-refractivity contribution < 1.29 is 23.9 Å². The maximum atomic E-state index is 14.0. The van der Waals surface area contributed by atoms with Crippen LogP contribution in [0.1, 0.15) is 87.3 Å². The Morgan fingerprint density at radius 3 is 2.12 bits per heavy atom. The molecule has 0 saturated heterocycles. The summed E-state index contributed by atoms with van der Waals surface area (Å²) in [5, 5.41) is 7.98. The number of fused-ring (bicyclic) bond motifs is 1. The van der Waals surface area contributed by atoms with Gasteiger partial charge in [0.2, 0.25) is 11.8 Å². The van der Waals surface area contributed by atoms with Crippen LogP contribution < -0.4 is 20.9 Å². The van der Waals surface area contributed by atoms with Crippen LogP contribution in [0.5, 0.6) is 5.75 Å². The van der Waals surface area contributed by atoms with Crippen LogP contribution in [0.3, 0.4) is 0 Å². The number of anilines is 1. The fourth-order valence-electron chi connectivity index (χ4n) is 6.73. The number of rotatable bonds is 15. The van der Waals surface area contributed by atoms with E-state index in [4.69, 9.17) is 9.47 Å². The van der Waals surface area contributed by atoms with Crippen molar-refractivity contribution in [1.29, 1.82) is 0 Å². The molecular formula is C47H55N3O6. The Hall–Kier alpha value is -5.70. The standard InChI is InChI=1S/C47H55N3O6/c1-31-25-26-50(30-35-20-24-40(55-8)32(2)27-35)44(53)42(31)49-43(52)39(48-41(51)29-34-17-21-36-14-10-11-15-37(36)28-34)16-12-9-13-33-18-22-38(23-19-33)47(6,7)45(54)56-46(3,4)5/h10-11,14-15,17-28,39H,9,12-13,16,29-30H2,1-8H3,(H,48,51)(H,49,52). The number of nitrogens with zero attached hydrogens (tertiary/aromatic N) is 1. The van der Waals surface area contributed by atoms with Crippen molar-refractivity contribution in [3.63, 3.8) is 0 Å². The van der Waals surface area contributed by atoms with Gasteiger partial charge in [0.25, 0.3) is 5.56 Å². The number of pyridine rings is 1.